The molecule has 0 spiro atoms. The van der Waals surface area contributed by atoms with E-state index in [0.29, 0.717) is 6.61 Å². The molecule has 0 aromatic carbocycles. The van der Waals surface area contributed by atoms with Crippen molar-refractivity contribution in [3.63, 3.8) is 0 Å². The third-order valence-electron chi connectivity index (χ3n) is 1.95. The van der Waals surface area contributed by atoms with Gasteiger partial charge in [0.25, 0.3) is 0 Å². The second-order valence-electron chi connectivity index (χ2n) is 3.45. The predicted molar refractivity (Wildman–Crippen MR) is 58.8 cm³/mol. The van der Waals surface area contributed by atoms with Crippen LogP contribution >= 0.6 is 7.37 Å². The fourth-order valence-corrected chi connectivity index (χ4v) is 3.71. The van der Waals surface area contributed by atoms with E-state index in [1.807, 2.05) is 0 Å². The molecule has 0 amide bonds. The first-order valence-corrected chi connectivity index (χ1v) is 7.40. The Kier molecular flexibility index (Phi) is 7.69. The van der Waals surface area contributed by atoms with Crippen molar-refractivity contribution in [2.45, 2.75) is 46.5 Å². The highest BCUT2D eigenvalue weighted by molar-refractivity contribution is 7.58. The van der Waals surface area contributed by atoms with E-state index in [1.165, 1.54) is 0 Å². The Morgan fingerprint density at radius 1 is 1.00 bits per heavy atom. The van der Waals surface area contributed by atoms with Crippen molar-refractivity contribution in [2.24, 2.45) is 0 Å². The Morgan fingerprint density at radius 3 is 2.15 bits per heavy atom. The summed E-state index contributed by atoms with van der Waals surface area (Å²) in [6.07, 6.45) is 5.58. The van der Waals surface area contributed by atoms with Crippen LogP contribution in [0, 0.1) is 0 Å². The summed E-state index contributed by atoms with van der Waals surface area (Å²) in [5.41, 5.74) is 0. The Morgan fingerprint density at radius 2 is 1.69 bits per heavy atom. The molecular formula is C10H23O2P. The average molecular weight is 206 g/mol. The summed E-state index contributed by atoms with van der Waals surface area (Å²) in [6, 6.07) is 0. The quantitative estimate of drug-likeness (QED) is 0.563. The Hall–Kier alpha value is 0.190. The zero-order valence-electron chi connectivity index (χ0n) is 9.21. The zero-order valence-corrected chi connectivity index (χ0v) is 10.1. The molecule has 1 unspecified atom stereocenters. The molecule has 3 heteroatoms. The van der Waals surface area contributed by atoms with Crippen LogP contribution in [0.2, 0.25) is 0 Å². The van der Waals surface area contributed by atoms with Crippen LogP contribution in [0.4, 0.5) is 0 Å². The van der Waals surface area contributed by atoms with Crippen molar-refractivity contribution >= 4 is 7.37 Å². The summed E-state index contributed by atoms with van der Waals surface area (Å²) in [5, 5.41) is 0. The normalized spacial score (nSPS) is 15.6. The van der Waals surface area contributed by atoms with Gasteiger partial charge in [0.1, 0.15) is 0 Å². The van der Waals surface area contributed by atoms with E-state index >= 15 is 0 Å². The van der Waals surface area contributed by atoms with E-state index in [4.69, 9.17) is 4.52 Å². The standard InChI is InChI=1S/C10H23O2P/c1-4-7-10-13(11,9-6-3)12-8-5-2/h4-10H2,1-3H3. The maximum atomic E-state index is 12.1. The lowest BCUT2D eigenvalue weighted by Crippen LogP contribution is -2.00. The van der Waals surface area contributed by atoms with Crippen LogP contribution in [0.5, 0.6) is 0 Å². The highest BCUT2D eigenvalue weighted by Gasteiger charge is 2.20. The summed E-state index contributed by atoms with van der Waals surface area (Å²) in [5.74, 6) is 0. The van der Waals surface area contributed by atoms with Crippen LogP contribution in [0.1, 0.15) is 46.5 Å². The SMILES string of the molecule is CCCCP(=O)(CCC)OCCC. The molecule has 0 aliphatic carbocycles. The van der Waals surface area contributed by atoms with Crippen LogP contribution in [-0.4, -0.2) is 18.9 Å². The zero-order chi connectivity index (χ0) is 10.2. The Labute approximate surface area is 82.5 Å². The molecule has 0 heterocycles. The molecular weight excluding hydrogens is 183 g/mol. The van der Waals surface area contributed by atoms with Gasteiger partial charge in [0.05, 0.1) is 6.61 Å². The lowest BCUT2D eigenvalue weighted by molar-refractivity contribution is 0.312. The number of hydrogen-bond donors (Lipinski definition) is 0. The van der Waals surface area contributed by atoms with E-state index in [0.717, 1.165) is 38.0 Å². The largest absolute Gasteiger partial charge is 0.328 e. The molecule has 13 heavy (non-hydrogen) atoms. The summed E-state index contributed by atoms with van der Waals surface area (Å²) in [6.45, 7) is 6.89. The molecule has 1 atom stereocenters. The summed E-state index contributed by atoms with van der Waals surface area (Å²) in [4.78, 5) is 0. The summed E-state index contributed by atoms with van der Waals surface area (Å²) >= 11 is 0. The van der Waals surface area contributed by atoms with E-state index in [-0.39, 0.29) is 0 Å². The maximum absolute atomic E-state index is 12.1. The van der Waals surface area contributed by atoms with E-state index in [1.54, 1.807) is 0 Å². The highest BCUT2D eigenvalue weighted by atomic mass is 31.2. The van der Waals surface area contributed by atoms with Gasteiger partial charge in [-0.3, -0.25) is 4.57 Å². The molecule has 0 aromatic heterocycles. The third-order valence-corrected chi connectivity index (χ3v) is 4.73. The van der Waals surface area contributed by atoms with Gasteiger partial charge >= 0.3 is 0 Å². The minimum Gasteiger partial charge on any atom is -0.328 e. The lowest BCUT2D eigenvalue weighted by atomic mass is 10.4. The van der Waals surface area contributed by atoms with Crippen molar-refractivity contribution < 1.29 is 9.09 Å². The van der Waals surface area contributed by atoms with Gasteiger partial charge in [0, 0.05) is 12.3 Å². The van der Waals surface area contributed by atoms with Gasteiger partial charge in [-0.15, -0.1) is 0 Å². The molecule has 80 valence electrons. The van der Waals surface area contributed by atoms with Gasteiger partial charge in [0.15, 0.2) is 0 Å². The lowest BCUT2D eigenvalue weighted by Gasteiger charge is -2.17. The molecule has 0 radical (unpaired) electrons. The summed E-state index contributed by atoms with van der Waals surface area (Å²) < 4.78 is 17.6. The Balaban J connectivity index is 3.92. The Bertz CT molecular complexity index is 145. The molecule has 0 saturated heterocycles. The van der Waals surface area contributed by atoms with Gasteiger partial charge in [-0.1, -0.05) is 27.2 Å². The smallest absolute Gasteiger partial charge is 0.203 e. The molecule has 0 bridgehead atoms. The molecule has 0 fully saturated rings. The van der Waals surface area contributed by atoms with Crippen molar-refractivity contribution in [3.05, 3.63) is 0 Å². The molecule has 0 N–H and O–H groups in total. The van der Waals surface area contributed by atoms with Gasteiger partial charge in [-0.2, -0.15) is 0 Å². The number of rotatable bonds is 8. The number of unbranched alkanes of at least 4 members (excludes halogenated alkanes) is 1. The fraction of sp³-hybridized carbons (Fsp3) is 1.00. The highest BCUT2D eigenvalue weighted by Crippen LogP contribution is 2.48. The first-order valence-electron chi connectivity index (χ1n) is 5.41. The average Bonchev–Trinajstić information content (AvgIpc) is 2.12. The topological polar surface area (TPSA) is 26.3 Å². The fourth-order valence-electron chi connectivity index (χ4n) is 1.24. The van der Waals surface area contributed by atoms with Crippen LogP contribution in [0.15, 0.2) is 0 Å². The van der Waals surface area contributed by atoms with Crippen molar-refractivity contribution in [1.82, 2.24) is 0 Å². The van der Waals surface area contributed by atoms with Crippen LogP contribution in [0.3, 0.4) is 0 Å². The second kappa shape index (κ2) is 7.58. The minimum atomic E-state index is -2.25. The molecule has 0 aliphatic rings. The van der Waals surface area contributed by atoms with Crippen LogP contribution in [-0.2, 0) is 9.09 Å². The molecule has 0 rings (SSSR count). The monoisotopic (exact) mass is 206 g/mol. The van der Waals surface area contributed by atoms with E-state index in [9.17, 15) is 4.57 Å². The third kappa shape index (κ3) is 6.29. The van der Waals surface area contributed by atoms with Gasteiger partial charge in [0.2, 0.25) is 7.37 Å². The molecule has 0 saturated carbocycles. The minimum absolute atomic E-state index is 0.654. The summed E-state index contributed by atoms with van der Waals surface area (Å²) in [7, 11) is -2.25. The van der Waals surface area contributed by atoms with Crippen molar-refractivity contribution in [1.29, 1.82) is 0 Å². The predicted octanol–water partition coefficient (Wildman–Crippen LogP) is 3.90. The second-order valence-corrected chi connectivity index (χ2v) is 6.23. The van der Waals surface area contributed by atoms with E-state index < -0.39 is 7.37 Å². The first-order chi connectivity index (χ1) is 6.18. The van der Waals surface area contributed by atoms with Gasteiger partial charge in [-0.05, 0) is 19.3 Å². The van der Waals surface area contributed by atoms with Crippen LogP contribution in [0.25, 0.3) is 0 Å². The molecule has 0 aromatic rings. The molecule has 0 aliphatic heterocycles. The number of hydrogen-bond acceptors (Lipinski definition) is 2. The maximum Gasteiger partial charge on any atom is 0.203 e. The van der Waals surface area contributed by atoms with Gasteiger partial charge < -0.3 is 4.52 Å². The first kappa shape index (κ1) is 13.2. The van der Waals surface area contributed by atoms with Crippen molar-refractivity contribution in [2.75, 3.05) is 18.9 Å². The van der Waals surface area contributed by atoms with Crippen LogP contribution < -0.4 is 0 Å². The molecule has 2 nitrogen and oxygen atoms in total. The van der Waals surface area contributed by atoms with Gasteiger partial charge in [-0.25, -0.2) is 0 Å². The van der Waals surface area contributed by atoms with E-state index in [2.05, 4.69) is 20.8 Å². The van der Waals surface area contributed by atoms with Crippen molar-refractivity contribution in [3.8, 4) is 0 Å².